The lowest BCUT2D eigenvalue weighted by Crippen LogP contribution is -2.16. The summed E-state index contributed by atoms with van der Waals surface area (Å²) in [7, 11) is 0. The van der Waals surface area contributed by atoms with Gasteiger partial charge in [0.15, 0.2) is 11.5 Å². The molecule has 0 radical (unpaired) electrons. The zero-order valence-corrected chi connectivity index (χ0v) is 11.5. The van der Waals surface area contributed by atoms with Gasteiger partial charge in [0.05, 0.1) is 11.0 Å². The normalized spacial score (nSPS) is 13.5. The molecule has 0 atom stereocenters. The van der Waals surface area contributed by atoms with Gasteiger partial charge in [-0.25, -0.2) is 4.98 Å². The molecule has 1 aliphatic heterocycles. The minimum atomic E-state index is -4.73. The van der Waals surface area contributed by atoms with Gasteiger partial charge >= 0.3 is 6.36 Å². The highest BCUT2D eigenvalue weighted by Gasteiger charge is 2.31. The maximum atomic E-state index is 12.3. The van der Waals surface area contributed by atoms with E-state index in [1.165, 1.54) is 18.2 Å². The number of fused-ring (bicyclic) bond motifs is 2. The van der Waals surface area contributed by atoms with Crippen molar-refractivity contribution in [3.8, 4) is 28.6 Å². The maximum Gasteiger partial charge on any atom is 0.573 e. The van der Waals surface area contributed by atoms with Crippen molar-refractivity contribution < 1.29 is 27.4 Å². The number of ether oxygens (including phenoxy) is 3. The first kappa shape index (κ1) is 13.7. The molecule has 23 heavy (non-hydrogen) atoms. The largest absolute Gasteiger partial charge is 0.573 e. The van der Waals surface area contributed by atoms with Crippen LogP contribution in [0.1, 0.15) is 0 Å². The van der Waals surface area contributed by atoms with E-state index in [1.54, 1.807) is 18.2 Å². The van der Waals surface area contributed by atoms with Gasteiger partial charge in [-0.15, -0.1) is 13.2 Å². The molecule has 0 bridgehead atoms. The fourth-order valence-corrected chi connectivity index (χ4v) is 2.36. The third-order valence-corrected chi connectivity index (χ3v) is 3.33. The number of H-pyrrole nitrogens is 1. The van der Waals surface area contributed by atoms with Crippen LogP contribution in [0, 0.1) is 0 Å². The summed E-state index contributed by atoms with van der Waals surface area (Å²) in [5.74, 6) is 1.45. The fourth-order valence-electron chi connectivity index (χ4n) is 2.36. The van der Waals surface area contributed by atoms with Crippen molar-refractivity contribution in [1.82, 2.24) is 9.97 Å². The van der Waals surface area contributed by atoms with Crippen LogP contribution in [-0.2, 0) is 0 Å². The van der Waals surface area contributed by atoms with E-state index in [2.05, 4.69) is 14.7 Å². The molecule has 0 unspecified atom stereocenters. The van der Waals surface area contributed by atoms with Crippen molar-refractivity contribution in [1.29, 1.82) is 0 Å². The lowest BCUT2D eigenvalue weighted by Gasteiger charge is -2.07. The molecular weight excluding hydrogens is 313 g/mol. The number of nitrogens with one attached hydrogen (secondary N) is 1. The van der Waals surface area contributed by atoms with Gasteiger partial charge in [-0.3, -0.25) is 0 Å². The van der Waals surface area contributed by atoms with E-state index in [1.807, 2.05) is 0 Å². The van der Waals surface area contributed by atoms with Crippen LogP contribution in [0.2, 0.25) is 0 Å². The molecule has 0 aliphatic carbocycles. The van der Waals surface area contributed by atoms with E-state index in [9.17, 15) is 13.2 Å². The molecule has 0 amide bonds. The molecule has 0 saturated heterocycles. The lowest BCUT2D eigenvalue weighted by molar-refractivity contribution is -0.274. The summed E-state index contributed by atoms with van der Waals surface area (Å²) in [4.78, 5) is 7.35. The number of hydrogen-bond donors (Lipinski definition) is 1. The first-order chi connectivity index (χ1) is 11.0. The highest BCUT2D eigenvalue weighted by Crippen LogP contribution is 2.36. The summed E-state index contributed by atoms with van der Waals surface area (Å²) >= 11 is 0. The van der Waals surface area contributed by atoms with Crippen molar-refractivity contribution in [2.24, 2.45) is 0 Å². The Morgan fingerprint density at radius 1 is 1.04 bits per heavy atom. The number of hydrogen-bond acceptors (Lipinski definition) is 4. The first-order valence-corrected chi connectivity index (χ1v) is 6.63. The maximum absolute atomic E-state index is 12.3. The summed E-state index contributed by atoms with van der Waals surface area (Å²) in [5.41, 5.74) is 1.72. The monoisotopic (exact) mass is 322 g/mol. The molecule has 1 aliphatic rings. The van der Waals surface area contributed by atoms with Crippen LogP contribution in [0.15, 0.2) is 36.4 Å². The number of nitrogens with zero attached hydrogens (tertiary/aromatic N) is 1. The third kappa shape index (κ3) is 2.63. The van der Waals surface area contributed by atoms with Gasteiger partial charge < -0.3 is 19.2 Å². The molecule has 3 aromatic rings. The van der Waals surface area contributed by atoms with E-state index in [-0.39, 0.29) is 12.5 Å². The standard InChI is InChI=1S/C15H9F3N2O3/c16-15(17,18)23-9-2-3-10-11(6-9)20-14(19-10)8-1-4-12-13(5-8)22-7-21-12/h1-6H,7H2,(H,19,20). The van der Waals surface area contributed by atoms with Gasteiger partial charge in [-0.2, -0.15) is 0 Å². The van der Waals surface area contributed by atoms with Crippen molar-refractivity contribution in [2.75, 3.05) is 6.79 Å². The molecule has 2 aromatic carbocycles. The minimum absolute atomic E-state index is 0.164. The second-order valence-electron chi connectivity index (χ2n) is 4.88. The highest BCUT2D eigenvalue weighted by atomic mass is 19.4. The predicted octanol–water partition coefficient (Wildman–Crippen LogP) is 3.86. The van der Waals surface area contributed by atoms with Gasteiger partial charge in [-0.1, -0.05) is 0 Å². The van der Waals surface area contributed by atoms with Crippen molar-refractivity contribution >= 4 is 11.0 Å². The Kier molecular flexibility index (Phi) is 2.87. The molecular formula is C15H9F3N2O3. The van der Waals surface area contributed by atoms with E-state index in [4.69, 9.17) is 9.47 Å². The van der Waals surface area contributed by atoms with Gasteiger partial charge in [0.1, 0.15) is 11.6 Å². The van der Waals surface area contributed by atoms with Crippen molar-refractivity contribution in [3.05, 3.63) is 36.4 Å². The first-order valence-electron chi connectivity index (χ1n) is 6.63. The Balaban J connectivity index is 1.71. The Bertz CT molecular complexity index is 889. The fraction of sp³-hybridized carbons (Fsp3) is 0.133. The van der Waals surface area contributed by atoms with Gasteiger partial charge in [0.25, 0.3) is 0 Å². The zero-order valence-electron chi connectivity index (χ0n) is 11.5. The van der Waals surface area contributed by atoms with Crippen LogP contribution in [0.5, 0.6) is 17.2 Å². The molecule has 1 aromatic heterocycles. The van der Waals surface area contributed by atoms with Gasteiger partial charge in [0, 0.05) is 11.6 Å². The smallest absolute Gasteiger partial charge is 0.454 e. The number of imidazole rings is 1. The summed E-state index contributed by atoms with van der Waals surface area (Å²) in [5, 5.41) is 0. The Morgan fingerprint density at radius 2 is 1.87 bits per heavy atom. The molecule has 1 N–H and O–H groups in total. The van der Waals surface area contributed by atoms with Gasteiger partial charge in [0.2, 0.25) is 6.79 Å². The van der Waals surface area contributed by atoms with Gasteiger partial charge in [-0.05, 0) is 30.3 Å². The average molecular weight is 322 g/mol. The molecule has 0 fully saturated rings. The van der Waals surface area contributed by atoms with E-state index in [0.29, 0.717) is 28.4 Å². The lowest BCUT2D eigenvalue weighted by atomic mass is 10.2. The summed E-state index contributed by atoms with van der Waals surface area (Å²) in [6.07, 6.45) is -4.73. The number of alkyl halides is 3. The number of aromatic nitrogens is 2. The Hall–Kier alpha value is -2.90. The summed E-state index contributed by atoms with van der Waals surface area (Å²) in [6.45, 7) is 0.164. The molecule has 4 rings (SSSR count). The Labute approximate surface area is 127 Å². The van der Waals surface area contributed by atoms with Crippen LogP contribution in [-0.4, -0.2) is 23.1 Å². The third-order valence-electron chi connectivity index (χ3n) is 3.33. The van der Waals surface area contributed by atoms with Crippen LogP contribution in [0.4, 0.5) is 13.2 Å². The van der Waals surface area contributed by atoms with Crippen LogP contribution < -0.4 is 14.2 Å². The molecule has 0 spiro atoms. The molecule has 2 heterocycles. The molecule has 118 valence electrons. The summed E-state index contributed by atoms with van der Waals surface area (Å²) in [6, 6.07) is 9.25. The van der Waals surface area contributed by atoms with E-state index in [0.717, 1.165) is 5.56 Å². The van der Waals surface area contributed by atoms with Crippen molar-refractivity contribution in [2.45, 2.75) is 6.36 Å². The predicted molar refractivity (Wildman–Crippen MR) is 74.3 cm³/mol. The zero-order chi connectivity index (χ0) is 16.0. The quantitative estimate of drug-likeness (QED) is 0.778. The second-order valence-corrected chi connectivity index (χ2v) is 4.88. The number of halogens is 3. The van der Waals surface area contributed by atoms with Crippen LogP contribution in [0.3, 0.4) is 0 Å². The average Bonchev–Trinajstić information content (AvgIpc) is 3.10. The van der Waals surface area contributed by atoms with Crippen LogP contribution in [0.25, 0.3) is 22.4 Å². The highest BCUT2D eigenvalue weighted by molar-refractivity contribution is 5.81. The number of aromatic amines is 1. The molecule has 5 nitrogen and oxygen atoms in total. The minimum Gasteiger partial charge on any atom is -0.454 e. The number of rotatable bonds is 2. The SMILES string of the molecule is FC(F)(F)Oc1ccc2[nH]c(-c3ccc4c(c3)OCO4)nc2c1. The van der Waals surface area contributed by atoms with Crippen LogP contribution >= 0.6 is 0 Å². The summed E-state index contributed by atoms with van der Waals surface area (Å²) < 4.78 is 51.2. The topological polar surface area (TPSA) is 56.4 Å². The van der Waals surface area contributed by atoms with E-state index < -0.39 is 6.36 Å². The number of benzene rings is 2. The Morgan fingerprint density at radius 3 is 2.70 bits per heavy atom. The molecule has 0 saturated carbocycles. The molecule has 8 heteroatoms. The van der Waals surface area contributed by atoms with E-state index >= 15 is 0 Å². The van der Waals surface area contributed by atoms with Crippen molar-refractivity contribution in [3.63, 3.8) is 0 Å². The second kappa shape index (κ2) is 4.80.